The van der Waals surface area contributed by atoms with Gasteiger partial charge in [0.25, 0.3) is 0 Å². The number of ether oxygens (including phenoxy) is 1. The molecule has 5 nitrogen and oxygen atoms in total. The zero-order valence-electron chi connectivity index (χ0n) is 10.4. The molecule has 0 radical (unpaired) electrons. The molecule has 17 heavy (non-hydrogen) atoms. The van der Waals surface area contributed by atoms with E-state index in [9.17, 15) is 4.79 Å². The molecule has 2 N–H and O–H groups in total. The summed E-state index contributed by atoms with van der Waals surface area (Å²) < 4.78 is 7.35. The minimum absolute atomic E-state index is 0.228. The molecule has 0 saturated carbocycles. The molecular weight excluding hydrogens is 333 g/mol. The molecular formula is C11H18IN3O2. The van der Waals surface area contributed by atoms with Gasteiger partial charge in [0.15, 0.2) is 5.69 Å². The molecule has 0 fully saturated rings. The highest BCUT2D eigenvalue weighted by Gasteiger charge is 2.23. The molecule has 0 unspecified atom stereocenters. The maximum absolute atomic E-state index is 11.7. The number of halogens is 1. The fraction of sp³-hybridized carbons (Fsp3) is 0.636. The third-order valence-corrected chi connectivity index (χ3v) is 3.71. The number of nitrogen functional groups attached to an aromatic ring is 1. The van der Waals surface area contributed by atoms with Crippen LogP contribution in [-0.4, -0.2) is 22.4 Å². The van der Waals surface area contributed by atoms with Crippen LogP contribution in [0, 0.1) is 3.57 Å². The Hall–Kier alpha value is -0.790. The summed E-state index contributed by atoms with van der Waals surface area (Å²) in [5.41, 5.74) is 6.29. The third-order valence-electron chi connectivity index (χ3n) is 2.64. The summed E-state index contributed by atoms with van der Waals surface area (Å²) in [6, 6.07) is 0.228. The number of nitrogens with zero attached hydrogens (tertiary/aromatic N) is 2. The summed E-state index contributed by atoms with van der Waals surface area (Å²) in [6.45, 7) is 6.26. The molecule has 0 bridgehead atoms. The van der Waals surface area contributed by atoms with Crippen LogP contribution in [0.4, 0.5) is 5.82 Å². The van der Waals surface area contributed by atoms with E-state index in [1.807, 2.05) is 22.6 Å². The van der Waals surface area contributed by atoms with Crippen LogP contribution in [-0.2, 0) is 4.74 Å². The molecule has 0 aliphatic rings. The normalized spacial score (nSPS) is 10.9. The third kappa shape index (κ3) is 2.91. The highest BCUT2D eigenvalue weighted by molar-refractivity contribution is 14.1. The Morgan fingerprint density at radius 1 is 1.47 bits per heavy atom. The first-order valence-electron chi connectivity index (χ1n) is 5.77. The maximum Gasteiger partial charge on any atom is 0.360 e. The van der Waals surface area contributed by atoms with Crippen LogP contribution in [0.15, 0.2) is 0 Å². The van der Waals surface area contributed by atoms with Crippen LogP contribution >= 0.6 is 22.6 Å². The number of anilines is 1. The van der Waals surface area contributed by atoms with Crippen molar-refractivity contribution in [2.45, 2.75) is 39.7 Å². The lowest BCUT2D eigenvalue weighted by molar-refractivity contribution is 0.0517. The number of rotatable bonds is 5. The fourth-order valence-electron chi connectivity index (χ4n) is 1.67. The molecule has 1 heterocycles. The van der Waals surface area contributed by atoms with Gasteiger partial charge in [-0.3, -0.25) is 0 Å². The summed E-state index contributed by atoms with van der Waals surface area (Å²) in [6.07, 6.45) is 1.86. The number of carbonyl (C=O) groups excluding carboxylic acids is 1. The number of aromatic nitrogens is 2. The molecule has 0 aliphatic heterocycles. The number of carbonyl (C=O) groups is 1. The van der Waals surface area contributed by atoms with Crippen molar-refractivity contribution in [2.24, 2.45) is 0 Å². The first-order chi connectivity index (χ1) is 8.06. The zero-order chi connectivity index (χ0) is 13.0. The van der Waals surface area contributed by atoms with E-state index in [2.05, 4.69) is 18.9 Å². The van der Waals surface area contributed by atoms with Gasteiger partial charge < -0.3 is 10.5 Å². The van der Waals surface area contributed by atoms with Gasteiger partial charge in [0.2, 0.25) is 0 Å². The summed E-state index contributed by atoms with van der Waals surface area (Å²) in [5, 5.41) is 4.28. The number of nitrogens with two attached hydrogens (primary N) is 1. The molecule has 0 aromatic carbocycles. The SMILES string of the molecule is CCOC(=O)c1nn(C(CC)CC)c(N)c1I. The molecule has 0 amide bonds. The lowest BCUT2D eigenvalue weighted by atomic mass is 10.2. The van der Waals surface area contributed by atoms with Gasteiger partial charge in [0.1, 0.15) is 5.82 Å². The van der Waals surface area contributed by atoms with Crippen molar-refractivity contribution in [3.8, 4) is 0 Å². The van der Waals surface area contributed by atoms with Crippen LogP contribution in [0.2, 0.25) is 0 Å². The molecule has 0 spiro atoms. The number of esters is 1. The molecule has 96 valence electrons. The molecule has 6 heteroatoms. The number of hydrogen-bond donors (Lipinski definition) is 1. The molecule has 1 rings (SSSR count). The number of hydrogen-bond acceptors (Lipinski definition) is 4. The largest absolute Gasteiger partial charge is 0.461 e. The summed E-state index contributed by atoms with van der Waals surface area (Å²) in [7, 11) is 0. The maximum atomic E-state index is 11.7. The fourth-order valence-corrected chi connectivity index (χ4v) is 2.25. The predicted molar refractivity (Wildman–Crippen MR) is 74.9 cm³/mol. The van der Waals surface area contributed by atoms with Gasteiger partial charge in [0, 0.05) is 0 Å². The van der Waals surface area contributed by atoms with Crippen molar-refractivity contribution in [1.82, 2.24) is 9.78 Å². The quantitative estimate of drug-likeness (QED) is 0.654. The van der Waals surface area contributed by atoms with Crippen LogP contribution in [0.25, 0.3) is 0 Å². The standard InChI is InChI=1S/C11H18IN3O2/c1-4-7(5-2)15-10(13)8(12)9(14-15)11(16)17-6-3/h7H,4-6,13H2,1-3H3. The van der Waals surface area contributed by atoms with Crippen molar-refractivity contribution in [1.29, 1.82) is 0 Å². The minimum Gasteiger partial charge on any atom is -0.461 e. The van der Waals surface area contributed by atoms with Gasteiger partial charge in [-0.25, -0.2) is 9.48 Å². The summed E-state index contributed by atoms with van der Waals surface area (Å²) in [5.74, 6) is 0.135. The second-order valence-corrected chi connectivity index (χ2v) is 4.76. The van der Waals surface area contributed by atoms with E-state index in [4.69, 9.17) is 10.5 Å². The van der Waals surface area contributed by atoms with Crippen molar-refractivity contribution >= 4 is 34.4 Å². The van der Waals surface area contributed by atoms with Crippen molar-refractivity contribution < 1.29 is 9.53 Å². The van der Waals surface area contributed by atoms with Gasteiger partial charge in [0.05, 0.1) is 16.2 Å². The highest BCUT2D eigenvalue weighted by atomic mass is 127. The van der Waals surface area contributed by atoms with E-state index in [1.165, 1.54) is 0 Å². The lowest BCUT2D eigenvalue weighted by Gasteiger charge is -2.14. The molecule has 1 aromatic rings. The van der Waals surface area contributed by atoms with Crippen molar-refractivity contribution in [2.75, 3.05) is 12.3 Å². The Morgan fingerprint density at radius 2 is 2.06 bits per heavy atom. The minimum atomic E-state index is -0.409. The average Bonchev–Trinajstić information content (AvgIpc) is 2.60. The first kappa shape index (κ1) is 14.3. The summed E-state index contributed by atoms with van der Waals surface area (Å²) in [4.78, 5) is 11.7. The van der Waals surface area contributed by atoms with E-state index in [0.717, 1.165) is 12.8 Å². The van der Waals surface area contributed by atoms with Crippen LogP contribution in [0.1, 0.15) is 50.1 Å². The van der Waals surface area contributed by atoms with E-state index in [1.54, 1.807) is 11.6 Å². The lowest BCUT2D eigenvalue weighted by Crippen LogP contribution is -2.13. The Morgan fingerprint density at radius 3 is 2.53 bits per heavy atom. The van der Waals surface area contributed by atoms with Crippen molar-refractivity contribution in [3.63, 3.8) is 0 Å². The van der Waals surface area contributed by atoms with Crippen LogP contribution in [0.5, 0.6) is 0 Å². The Labute approximate surface area is 115 Å². The van der Waals surface area contributed by atoms with E-state index in [-0.39, 0.29) is 6.04 Å². The average molecular weight is 351 g/mol. The summed E-state index contributed by atoms with van der Waals surface area (Å²) >= 11 is 2.04. The highest BCUT2D eigenvalue weighted by Crippen LogP contribution is 2.26. The van der Waals surface area contributed by atoms with Gasteiger partial charge in [-0.2, -0.15) is 5.10 Å². The predicted octanol–water partition coefficient (Wildman–Crippen LogP) is 2.61. The van der Waals surface area contributed by atoms with E-state index in [0.29, 0.717) is 21.7 Å². The van der Waals surface area contributed by atoms with E-state index >= 15 is 0 Å². The topological polar surface area (TPSA) is 70.1 Å². The van der Waals surface area contributed by atoms with Gasteiger partial charge in [-0.1, -0.05) is 13.8 Å². The second-order valence-electron chi connectivity index (χ2n) is 3.68. The molecule has 0 saturated heterocycles. The monoisotopic (exact) mass is 351 g/mol. The van der Waals surface area contributed by atoms with E-state index < -0.39 is 5.97 Å². The van der Waals surface area contributed by atoms with Gasteiger partial charge in [-0.15, -0.1) is 0 Å². The Kier molecular flexibility index (Phi) is 5.23. The molecule has 0 aliphatic carbocycles. The van der Waals surface area contributed by atoms with Crippen LogP contribution < -0.4 is 5.73 Å². The second kappa shape index (κ2) is 6.23. The molecule has 1 aromatic heterocycles. The molecule has 0 atom stereocenters. The van der Waals surface area contributed by atoms with Crippen molar-refractivity contribution in [3.05, 3.63) is 9.26 Å². The van der Waals surface area contributed by atoms with Crippen LogP contribution in [0.3, 0.4) is 0 Å². The Bertz CT molecular complexity index is 400. The Balaban J connectivity index is 3.11. The van der Waals surface area contributed by atoms with Gasteiger partial charge in [-0.05, 0) is 42.4 Å². The zero-order valence-corrected chi connectivity index (χ0v) is 12.5. The smallest absolute Gasteiger partial charge is 0.360 e. The van der Waals surface area contributed by atoms with Gasteiger partial charge >= 0.3 is 5.97 Å². The first-order valence-corrected chi connectivity index (χ1v) is 6.85.